The van der Waals surface area contributed by atoms with Crippen LogP contribution in [0.2, 0.25) is 10.0 Å². The molecule has 0 saturated heterocycles. The molecule has 2 aromatic rings. The normalized spacial score (nSPS) is 16.5. The Morgan fingerprint density at radius 1 is 1.00 bits per heavy atom. The number of benzene rings is 2. The van der Waals surface area contributed by atoms with E-state index in [2.05, 4.69) is 4.72 Å². The molecule has 0 aliphatic heterocycles. The van der Waals surface area contributed by atoms with Gasteiger partial charge in [-0.2, -0.15) is 0 Å². The maximum absolute atomic E-state index is 12.4. The first kappa shape index (κ1) is 15.8. The summed E-state index contributed by atoms with van der Waals surface area (Å²) in [5, 5.41) is 0.904. The average molecular weight is 356 g/mol. The standard InChI is InChI=1S/C16H15Cl2NO2S/c17-14-7-6-13(10-15(14)18)16(8-9-16)19-22(20,21)11-12-4-2-1-3-5-12/h1-7,10,19H,8-9,11H2. The summed E-state index contributed by atoms with van der Waals surface area (Å²) in [6.45, 7) is 0. The van der Waals surface area contributed by atoms with Crippen LogP contribution in [0.15, 0.2) is 48.5 Å². The Morgan fingerprint density at radius 2 is 1.68 bits per heavy atom. The van der Waals surface area contributed by atoms with Gasteiger partial charge in [0.2, 0.25) is 10.0 Å². The van der Waals surface area contributed by atoms with Gasteiger partial charge in [0.25, 0.3) is 0 Å². The molecule has 0 unspecified atom stereocenters. The molecule has 3 nitrogen and oxygen atoms in total. The second kappa shape index (κ2) is 5.85. The smallest absolute Gasteiger partial charge is 0.212 e. The molecule has 1 aliphatic carbocycles. The van der Waals surface area contributed by atoms with Crippen molar-refractivity contribution < 1.29 is 8.42 Å². The number of rotatable bonds is 5. The summed E-state index contributed by atoms with van der Waals surface area (Å²) >= 11 is 12.0. The van der Waals surface area contributed by atoms with Gasteiger partial charge in [0.15, 0.2) is 0 Å². The maximum Gasteiger partial charge on any atom is 0.216 e. The highest BCUT2D eigenvalue weighted by Gasteiger charge is 2.47. The van der Waals surface area contributed by atoms with Crippen molar-refractivity contribution in [3.63, 3.8) is 0 Å². The highest BCUT2D eigenvalue weighted by molar-refractivity contribution is 7.88. The zero-order chi connectivity index (χ0) is 15.8. The lowest BCUT2D eigenvalue weighted by Gasteiger charge is -2.18. The third-order valence-electron chi connectivity index (χ3n) is 3.77. The number of hydrogen-bond acceptors (Lipinski definition) is 2. The zero-order valence-electron chi connectivity index (χ0n) is 11.7. The van der Waals surface area contributed by atoms with Crippen molar-refractivity contribution in [1.82, 2.24) is 4.72 Å². The Bertz CT molecular complexity index is 787. The fourth-order valence-corrected chi connectivity index (χ4v) is 4.41. The van der Waals surface area contributed by atoms with Crippen molar-refractivity contribution in [3.8, 4) is 0 Å². The number of halogens is 2. The molecule has 3 rings (SSSR count). The summed E-state index contributed by atoms with van der Waals surface area (Å²) in [5.41, 5.74) is 1.08. The van der Waals surface area contributed by atoms with E-state index in [0.29, 0.717) is 10.0 Å². The molecule has 1 saturated carbocycles. The molecule has 0 radical (unpaired) electrons. The molecule has 2 aromatic carbocycles. The molecule has 6 heteroatoms. The molecule has 1 aliphatic rings. The lowest BCUT2D eigenvalue weighted by atomic mass is 10.1. The van der Waals surface area contributed by atoms with Crippen molar-refractivity contribution in [2.45, 2.75) is 24.1 Å². The first-order valence-corrected chi connectivity index (χ1v) is 9.32. The third-order valence-corrected chi connectivity index (χ3v) is 5.93. The monoisotopic (exact) mass is 355 g/mol. The lowest BCUT2D eigenvalue weighted by Crippen LogP contribution is -2.35. The summed E-state index contributed by atoms with van der Waals surface area (Å²) in [4.78, 5) is 0. The lowest BCUT2D eigenvalue weighted by molar-refractivity contribution is 0.551. The first-order chi connectivity index (χ1) is 10.4. The predicted octanol–water partition coefficient (Wildman–Crippen LogP) is 4.10. The van der Waals surface area contributed by atoms with Crippen molar-refractivity contribution in [3.05, 3.63) is 69.7 Å². The molecule has 0 bridgehead atoms. The van der Waals surface area contributed by atoms with E-state index in [-0.39, 0.29) is 5.75 Å². The molecular formula is C16H15Cl2NO2S. The minimum atomic E-state index is -3.43. The van der Waals surface area contributed by atoms with Gasteiger partial charge in [-0.1, -0.05) is 59.6 Å². The molecule has 0 amide bonds. The zero-order valence-corrected chi connectivity index (χ0v) is 14.0. The van der Waals surface area contributed by atoms with Gasteiger partial charge in [0.1, 0.15) is 0 Å². The number of sulfonamides is 1. The van der Waals surface area contributed by atoms with E-state index >= 15 is 0 Å². The van der Waals surface area contributed by atoms with Crippen LogP contribution in [0.3, 0.4) is 0 Å². The van der Waals surface area contributed by atoms with Gasteiger partial charge >= 0.3 is 0 Å². The second-order valence-electron chi connectivity index (χ2n) is 5.56. The Labute approximate surface area is 140 Å². The van der Waals surface area contributed by atoms with Crippen molar-refractivity contribution in [2.75, 3.05) is 0 Å². The molecule has 0 aromatic heterocycles. The van der Waals surface area contributed by atoms with E-state index in [1.54, 1.807) is 24.3 Å². The van der Waals surface area contributed by atoms with Crippen molar-refractivity contribution in [2.24, 2.45) is 0 Å². The fraction of sp³-hybridized carbons (Fsp3) is 0.250. The molecular weight excluding hydrogens is 341 g/mol. The molecule has 0 atom stereocenters. The maximum atomic E-state index is 12.4. The van der Waals surface area contributed by atoms with Crippen LogP contribution in [0.25, 0.3) is 0 Å². The summed E-state index contributed by atoms with van der Waals surface area (Å²) in [6, 6.07) is 14.4. The predicted molar refractivity (Wildman–Crippen MR) is 89.6 cm³/mol. The number of nitrogens with one attached hydrogen (secondary N) is 1. The highest BCUT2D eigenvalue weighted by atomic mass is 35.5. The van der Waals surface area contributed by atoms with E-state index in [1.165, 1.54) is 0 Å². The topological polar surface area (TPSA) is 46.2 Å². The van der Waals surface area contributed by atoms with Crippen LogP contribution in [0.1, 0.15) is 24.0 Å². The molecule has 116 valence electrons. The minimum Gasteiger partial charge on any atom is -0.212 e. The van der Waals surface area contributed by atoms with E-state index in [0.717, 1.165) is 24.0 Å². The number of hydrogen-bond donors (Lipinski definition) is 1. The summed E-state index contributed by atoms with van der Waals surface area (Å²) in [7, 11) is -3.43. The SMILES string of the molecule is O=S(=O)(Cc1ccccc1)NC1(c2ccc(Cl)c(Cl)c2)CC1. The van der Waals surface area contributed by atoms with Crippen molar-refractivity contribution in [1.29, 1.82) is 0 Å². The van der Waals surface area contributed by atoms with E-state index in [4.69, 9.17) is 23.2 Å². The van der Waals surface area contributed by atoms with Crippen LogP contribution in [0.4, 0.5) is 0 Å². The molecule has 1 fully saturated rings. The van der Waals surface area contributed by atoms with Gasteiger partial charge in [0.05, 0.1) is 21.3 Å². The van der Waals surface area contributed by atoms with E-state index < -0.39 is 15.6 Å². The third kappa shape index (κ3) is 3.46. The molecule has 22 heavy (non-hydrogen) atoms. The quantitative estimate of drug-likeness (QED) is 0.877. The van der Waals surface area contributed by atoms with E-state index in [1.807, 2.05) is 24.3 Å². The summed E-state index contributed by atoms with van der Waals surface area (Å²) in [6.07, 6.45) is 1.53. The Balaban J connectivity index is 1.80. The van der Waals surface area contributed by atoms with Gasteiger partial charge in [-0.05, 0) is 36.1 Å². The molecule has 1 N–H and O–H groups in total. The second-order valence-corrected chi connectivity index (χ2v) is 8.09. The summed E-state index contributed by atoms with van der Waals surface area (Å²) in [5.74, 6) is -0.0308. The van der Waals surface area contributed by atoms with Crippen molar-refractivity contribution >= 4 is 33.2 Å². The van der Waals surface area contributed by atoms with Gasteiger partial charge in [0, 0.05) is 0 Å². The van der Waals surface area contributed by atoms with Gasteiger partial charge in [-0.3, -0.25) is 0 Å². The van der Waals surface area contributed by atoms with Crippen LogP contribution in [-0.4, -0.2) is 8.42 Å². The van der Waals surface area contributed by atoms with Gasteiger partial charge < -0.3 is 0 Å². The highest BCUT2D eigenvalue weighted by Crippen LogP contribution is 2.47. The fourth-order valence-electron chi connectivity index (χ4n) is 2.50. The van der Waals surface area contributed by atoms with Crippen LogP contribution >= 0.6 is 23.2 Å². The average Bonchev–Trinajstić information content (AvgIpc) is 3.22. The molecule has 0 spiro atoms. The Morgan fingerprint density at radius 3 is 2.27 bits per heavy atom. The first-order valence-electron chi connectivity index (χ1n) is 6.91. The molecule has 0 heterocycles. The Kier molecular flexibility index (Phi) is 4.21. The Hall–Kier alpha value is -1.07. The van der Waals surface area contributed by atoms with E-state index in [9.17, 15) is 8.42 Å². The van der Waals surface area contributed by atoms with Crippen LogP contribution < -0.4 is 4.72 Å². The largest absolute Gasteiger partial charge is 0.216 e. The van der Waals surface area contributed by atoms with Gasteiger partial charge in [-0.15, -0.1) is 0 Å². The van der Waals surface area contributed by atoms with Crippen LogP contribution in [-0.2, 0) is 21.3 Å². The summed E-state index contributed by atoms with van der Waals surface area (Å²) < 4.78 is 27.6. The van der Waals surface area contributed by atoms with Crippen LogP contribution in [0.5, 0.6) is 0 Å². The van der Waals surface area contributed by atoms with Gasteiger partial charge in [-0.25, -0.2) is 13.1 Å². The minimum absolute atomic E-state index is 0.0308. The van der Waals surface area contributed by atoms with Crippen LogP contribution in [0, 0.1) is 0 Å².